The van der Waals surface area contributed by atoms with Crippen molar-refractivity contribution in [2.75, 3.05) is 5.32 Å². The fourth-order valence-corrected chi connectivity index (χ4v) is 3.46. The molecule has 0 aromatic heterocycles. The maximum Gasteiger partial charge on any atom is 0.125 e. The van der Waals surface area contributed by atoms with Crippen LogP contribution in [0.1, 0.15) is 24.4 Å². The molecule has 1 aliphatic rings. The van der Waals surface area contributed by atoms with E-state index in [1.807, 2.05) is 24.3 Å². The summed E-state index contributed by atoms with van der Waals surface area (Å²) in [6.45, 7) is 0. The normalized spacial score (nSPS) is 15.8. The number of benzene rings is 2. The highest BCUT2D eigenvalue weighted by atomic mass is 79.9. The molecule has 1 N–H and O–H groups in total. The van der Waals surface area contributed by atoms with Gasteiger partial charge in [0.1, 0.15) is 5.82 Å². The predicted molar refractivity (Wildman–Crippen MR) is 89.6 cm³/mol. The van der Waals surface area contributed by atoms with Crippen LogP contribution in [0.4, 0.5) is 10.1 Å². The van der Waals surface area contributed by atoms with E-state index < -0.39 is 0 Å². The van der Waals surface area contributed by atoms with Crippen molar-refractivity contribution in [3.8, 4) is 0 Å². The van der Waals surface area contributed by atoms with Gasteiger partial charge in [0.2, 0.25) is 0 Å². The molecule has 0 aliphatic heterocycles. The lowest BCUT2D eigenvalue weighted by atomic mass is 10.0. The highest BCUT2D eigenvalue weighted by Gasteiger charge is 2.33. The molecule has 1 aliphatic carbocycles. The average molecular weight is 389 g/mol. The van der Waals surface area contributed by atoms with Crippen molar-refractivity contribution in [3.05, 3.63) is 62.3 Å². The van der Waals surface area contributed by atoms with E-state index in [4.69, 9.17) is 23.2 Å². The first kappa shape index (κ1) is 15.1. The van der Waals surface area contributed by atoms with Gasteiger partial charge < -0.3 is 5.32 Å². The van der Waals surface area contributed by atoms with E-state index in [0.29, 0.717) is 20.4 Å². The van der Waals surface area contributed by atoms with Crippen LogP contribution in [0.15, 0.2) is 40.9 Å². The van der Waals surface area contributed by atoms with Crippen molar-refractivity contribution in [1.29, 1.82) is 0 Å². The maximum absolute atomic E-state index is 13.3. The van der Waals surface area contributed by atoms with Crippen molar-refractivity contribution in [2.24, 2.45) is 5.92 Å². The summed E-state index contributed by atoms with van der Waals surface area (Å²) in [7, 11) is 0. The number of halogens is 4. The Morgan fingerprint density at radius 1 is 1.14 bits per heavy atom. The zero-order valence-corrected chi connectivity index (χ0v) is 14.1. The molecule has 2 aromatic carbocycles. The molecule has 21 heavy (non-hydrogen) atoms. The molecular weight excluding hydrogens is 376 g/mol. The van der Waals surface area contributed by atoms with Gasteiger partial charge in [-0.2, -0.15) is 0 Å². The molecule has 1 nitrogen and oxygen atoms in total. The lowest BCUT2D eigenvalue weighted by Crippen LogP contribution is -2.13. The molecule has 0 saturated heterocycles. The minimum Gasteiger partial charge on any atom is -0.376 e. The van der Waals surface area contributed by atoms with Crippen LogP contribution in [0.3, 0.4) is 0 Å². The fourth-order valence-electron chi connectivity index (χ4n) is 2.41. The third-order valence-electron chi connectivity index (χ3n) is 3.63. The Bertz CT molecular complexity index is 633. The smallest absolute Gasteiger partial charge is 0.125 e. The van der Waals surface area contributed by atoms with Gasteiger partial charge in [-0.1, -0.05) is 35.3 Å². The second-order valence-corrected chi connectivity index (χ2v) is 6.95. The Morgan fingerprint density at radius 3 is 2.38 bits per heavy atom. The molecule has 1 unspecified atom stereocenters. The molecule has 0 radical (unpaired) electrons. The monoisotopic (exact) mass is 387 g/mol. The van der Waals surface area contributed by atoms with Crippen LogP contribution < -0.4 is 5.32 Å². The van der Waals surface area contributed by atoms with Crippen LogP contribution in [0, 0.1) is 11.7 Å². The third-order valence-corrected chi connectivity index (χ3v) is 4.80. The minimum atomic E-state index is -0.355. The van der Waals surface area contributed by atoms with Crippen LogP contribution in [-0.4, -0.2) is 0 Å². The molecule has 1 fully saturated rings. The first-order chi connectivity index (χ1) is 10.0. The number of nitrogens with one attached hydrogen (secondary N) is 1. The van der Waals surface area contributed by atoms with Gasteiger partial charge in [-0.3, -0.25) is 0 Å². The lowest BCUT2D eigenvalue weighted by Gasteiger charge is -2.22. The second kappa shape index (κ2) is 6.15. The molecule has 0 bridgehead atoms. The van der Waals surface area contributed by atoms with Gasteiger partial charge in [-0.05, 0) is 64.5 Å². The summed E-state index contributed by atoms with van der Waals surface area (Å²) in [5.74, 6) is 0.214. The summed E-state index contributed by atoms with van der Waals surface area (Å²) in [6.07, 6.45) is 2.35. The van der Waals surface area contributed by atoms with Crippen molar-refractivity contribution in [2.45, 2.75) is 18.9 Å². The molecule has 1 saturated carbocycles. The summed E-state index contributed by atoms with van der Waals surface area (Å²) < 4.78 is 14.0. The maximum atomic E-state index is 13.3. The minimum absolute atomic E-state index is 0.154. The molecule has 0 spiro atoms. The van der Waals surface area contributed by atoms with E-state index in [0.717, 1.165) is 11.3 Å². The van der Waals surface area contributed by atoms with Crippen LogP contribution in [0.2, 0.25) is 10.0 Å². The topological polar surface area (TPSA) is 12.0 Å². The Morgan fingerprint density at radius 2 is 1.81 bits per heavy atom. The molecule has 1 atom stereocenters. The number of anilines is 1. The highest BCUT2D eigenvalue weighted by Crippen LogP contribution is 2.45. The molecule has 2 aromatic rings. The van der Waals surface area contributed by atoms with E-state index in [9.17, 15) is 4.39 Å². The van der Waals surface area contributed by atoms with Crippen LogP contribution in [0.5, 0.6) is 0 Å². The van der Waals surface area contributed by atoms with E-state index in [1.54, 1.807) is 0 Å². The molecule has 3 rings (SSSR count). The number of hydrogen-bond donors (Lipinski definition) is 1. The van der Waals surface area contributed by atoms with Crippen LogP contribution in [0.25, 0.3) is 0 Å². The zero-order valence-electron chi connectivity index (χ0n) is 11.0. The quantitative estimate of drug-likeness (QED) is 0.633. The largest absolute Gasteiger partial charge is 0.376 e. The van der Waals surface area contributed by atoms with Crippen molar-refractivity contribution in [3.63, 3.8) is 0 Å². The Hall–Kier alpha value is -0.770. The van der Waals surface area contributed by atoms with E-state index in [-0.39, 0.29) is 11.9 Å². The highest BCUT2D eigenvalue weighted by molar-refractivity contribution is 9.10. The van der Waals surface area contributed by atoms with Gasteiger partial charge in [0.15, 0.2) is 0 Å². The van der Waals surface area contributed by atoms with E-state index in [2.05, 4.69) is 21.2 Å². The first-order valence-electron chi connectivity index (χ1n) is 6.71. The first-order valence-corrected chi connectivity index (χ1v) is 8.26. The zero-order chi connectivity index (χ0) is 15.0. The van der Waals surface area contributed by atoms with Crippen LogP contribution in [-0.2, 0) is 0 Å². The van der Waals surface area contributed by atoms with Gasteiger partial charge in [-0.25, -0.2) is 4.39 Å². The average Bonchev–Trinajstić information content (AvgIpc) is 3.24. The van der Waals surface area contributed by atoms with Gasteiger partial charge in [0, 0.05) is 9.50 Å². The molecule has 110 valence electrons. The van der Waals surface area contributed by atoms with Gasteiger partial charge in [0.25, 0.3) is 0 Å². The summed E-state index contributed by atoms with van der Waals surface area (Å²) in [4.78, 5) is 0. The third kappa shape index (κ3) is 3.53. The van der Waals surface area contributed by atoms with E-state index in [1.165, 1.54) is 25.0 Å². The molecule has 5 heteroatoms. The van der Waals surface area contributed by atoms with Crippen molar-refractivity contribution in [1.82, 2.24) is 0 Å². The van der Waals surface area contributed by atoms with Crippen molar-refractivity contribution >= 4 is 44.8 Å². The Balaban J connectivity index is 1.91. The predicted octanol–water partition coefficient (Wildman–Crippen LogP) is 6.46. The Labute approximate surface area is 141 Å². The van der Waals surface area contributed by atoms with Crippen molar-refractivity contribution < 1.29 is 4.39 Å². The van der Waals surface area contributed by atoms with Gasteiger partial charge in [-0.15, -0.1) is 0 Å². The lowest BCUT2D eigenvalue weighted by molar-refractivity contribution is 0.626. The van der Waals surface area contributed by atoms with Gasteiger partial charge in [0.05, 0.1) is 16.8 Å². The van der Waals surface area contributed by atoms with E-state index >= 15 is 0 Å². The SMILES string of the molecule is Fc1cc(Cl)c(NC(c2ccc(Cl)cc2)C2CC2)c(Br)c1. The summed E-state index contributed by atoms with van der Waals surface area (Å²) >= 11 is 15.5. The Kier molecular flexibility index (Phi) is 4.43. The standard InChI is InChI=1S/C16H13BrCl2FN/c17-13-7-12(20)8-14(19)16(13)21-15(9-1-2-9)10-3-5-11(18)6-4-10/h3-9,15,21H,1-2H2. The molecule has 0 amide bonds. The second-order valence-electron chi connectivity index (χ2n) is 5.26. The number of rotatable bonds is 4. The number of hydrogen-bond acceptors (Lipinski definition) is 1. The summed E-state index contributed by atoms with van der Waals surface area (Å²) in [6, 6.07) is 10.7. The summed E-state index contributed by atoms with van der Waals surface area (Å²) in [5, 5.41) is 4.55. The molecular formula is C16H13BrCl2FN. The fraction of sp³-hybridized carbons (Fsp3) is 0.250. The van der Waals surface area contributed by atoms with Crippen LogP contribution >= 0.6 is 39.1 Å². The summed E-state index contributed by atoms with van der Waals surface area (Å²) in [5.41, 5.74) is 1.89. The van der Waals surface area contributed by atoms with Gasteiger partial charge >= 0.3 is 0 Å². The molecule has 0 heterocycles.